The van der Waals surface area contributed by atoms with Crippen LogP contribution < -0.4 is 14.9 Å². The van der Waals surface area contributed by atoms with Crippen LogP contribution in [-0.2, 0) is 17.9 Å². The van der Waals surface area contributed by atoms with E-state index >= 15 is 0 Å². The zero-order chi connectivity index (χ0) is 30.5. The lowest BCUT2D eigenvalue weighted by molar-refractivity contribution is -0.384. The number of hydrogen-bond acceptors (Lipinski definition) is 8. The average molecular weight is 606 g/mol. The molecule has 2 heterocycles. The minimum atomic E-state index is -0.576. The fraction of sp³-hybridized carbons (Fsp3) is 0.258. The number of halogens is 1. The fourth-order valence-corrected chi connectivity index (χ4v) is 4.92. The molecule has 11 nitrogen and oxygen atoms in total. The van der Waals surface area contributed by atoms with Crippen LogP contribution in [0.5, 0.6) is 11.5 Å². The van der Waals surface area contributed by atoms with Crippen molar-refractivity contribution in [3.63, 3.8) is 0 Å². The summed E-state index contributed by atoms with van der Waals surface area (Å²) in [5.74, 6) is 0.184. The second-order valence-corrected chi connectivity index (χ2v) is 10.5. The molecule has 4 aromatic rings. The minimum Gasteiger partial charge on any atom is -0.464 e. The highest BCUT2D eigenvalue weighted by Crippen LogP contribution is 2.33. The van der Waals surface area contributed by atoms with Gasteiger partial charge in [-0.1, -0.05) is 37.1 Å². The minimum absolute atomic E-state index is 0.0915. The first-order valence-corrected chi connectivity index (χ1v) is 14.0. The summed E-state index contributed by atoms with van der Waals surface area (Å²) in [7, 11) is 0. The molecule has 0 saturated heterocycles. The van der Waals surface area contributed by atoms with Crippen LogP contribution in [0.15, 0.2) is 76.1 Å². The van der Waals surface area contributed by atoms with E-state index in [-0.39, 0.29) is 60.6 Å². The van der Waals surface area contributed by atoms with Crippen molar-refractivity contribution in [1.82, 2.24) is 9.80 Å². The van der Waals surface area contributed by atoms with Crippen molar-refractivity contribution in [2.45, 2.75) is 32.9 Å². The Balaban J connectivity index is 1.46. The standard InChI is InChI=1S/C31H28ClN3O8/c1-2-3-11-33(31(38)21-5-4-6-24(13-21)35(39)40)17-29(36)34(15-20-7-9-27-28(12-20)43-19-42-27)16-22-18-41-26-10-8-23(32)14-25(26)30(22)37/h4-10,12-14,18H,2-3,11,15-17,19H2,1H3. The van der Waals surface area contributed by atoms with E-state index in [4.69, 9.17) is 25.5 Å². The van der Waals surface area contributed by atoms with E-state index in [2.05, 4.69) is 0 Å². The van der Waals surface area contributed by atoms with E-state index in [9.17, 15) is 24.5 Å². The van der Waals surface area contributed by atoms with Crippen molar-refractivity contribution in [1.29, 1.82) is 0 Å². The largest absolute Gasteiger partial charge is 0.464 e. The van der Waals surface area contributed by atoms with Crippen LogP contribution in [0.1, 0.15) is 41.3 Å². The molecule has 222 valence electrons. The Kier molecular flexibility index (Phi) is 8.91. The van der Waals surface area contributed by atoms with E-state index in [1.165, 1.54) is 46.4 Å². The third kappa shape index (κ3) is 6.78. The smallest absolute Gasteiger partial charge is 0.270 e. The summed E-state index contributed by atoms with van der Waals surface area (Å²) in [6.07, 6.45) is 2.70. The van der Waals surface area contributed by atoms with E-state index in [0.29, 0.717) is 28.5 Å². The van der Waals surface area contributed by atoms with Crippen LogP contribution in [0.2, 0.25) is 5.02 Å². The van der Waals surface area contributed by atoms with Gasteiger partial charge in [-0.05, 0) is 48.4 Å². The van der Waals surface area contributed by atoms with Gasteiger partial charge >= 0.3 is 0 Å². The number of amides is 2. The Labute approximate surface area is 251 Å². The summed E-state index contributed by atoms with van der Waals surface area (Å²) < 4.78 is 16.6. The lowest BCUT2D eigenvalue weighted by atomic mass is 10.1. The van der Waals surface area contributed by atoms with Gasteiger partial charge in [-0.2, -0.15) is 0 Å². The van der Waals surface area contributed by atoms with Gasteiger partial charge in [-0.3, -0.25) is 24.5 Å². The van der Waals surface area contributed by atoms with Gasteiger partial charge in [-0.15, -0.1) is 0 Å². The maximum Gasteiger partial charge on any atom is 0.270 e. The first-order valence-electron chi connectivity index (χ1n) is 13.6. The molecular weight excluding hydrogens is 578 g/mol. The molecule has 0 spiro atoms. The summed E-state index contributed by atoms with van der Waals surface area (Å²) in [5.41, 5.74) is 0.861. The molecule has 0 N–H and O–H groups in total. The maximum absolute atomic E-state index is 13.9. The molecule has 0 atom stereocenters. The number of unbranched alkanes of at least 4 members (excludes halogenated alkanes) is 1. The van der Waals surface area contributed by atoms with Crippen molar-refractivity contribution < 1.29 is 28.4 Å². The van der Waals surface area contributed by atoms with Crippen LogP contribution in [0, 0.1) is 10.1 Å². The monoisotopic (exact) mass is 605 g/mol. The lowest BCUT2D eigenvalue weighted by Crippen LogP contribution is -2.43. The van der Waals surface area contributed by atoms with Crippen LogP contribution in [0.3, 0.4) is 0 Å². The molecule has 1 aliphatic rings. The van der Waals surface area contributed by atoms with Crippen molar-refractivity contribution in [2.75, 3.05) is 19.9 Å². The zero-order valence-corrected chi connectivity index (χ0v) is 24.0. The highest BCUT2D eigenvalue weighted by Gasteiger charge is 2.25. The molecule has 1 aliphatic heterocycles. The quantitative estimate of drug-likeness (QED) is 0.160. The fourth-order valence-electron chi connectivity index (χ4n) is 4.75. The van der Waals surface area contributed by atoms with E-state index in [0.717, 1.165) is 12.0 Å². The zero-order valence-electron chi connectivity index (χ0n) is 23.3. The second-order valence-electron chi connectivity index (χ2n) is 10.1. The topological polar surface area (TPSA) is 132 Å². The molecule has 2 amide bonds. The van der Waals surface area contributed by atoms with Crippen LogP contribution in [-0.4, -0.2) is 46.4 Å². The van der Waals surface area contributed by atoms with Gasteiger partial charge in [0.05, 0.1) is 28.7 Å². The molecule has 0 radical (unpaired) electrons. The molecule has 3 aromatic carbocycles. The van der Waals surface area contributed by atoms with Gasteiger partial charge in [0.1, 0.15) is 12.1 Å². The molecule has 43 heavy (non-hydrogen) atoms. The Hall–Kier alpha value is -4.90. The molecule has 0 saturated carbocycles. The van der Waals surface area contributed by atoms with Gasteiger partial charge < -0.3 is 23.7 Å². The Morgan fingerprint density at radius 1 is 1.00 bits per heavy atom. The Morgan fingerprint density at radius 3 is 2.60 bits per heavy atom. The molecule has 0 unspecified atom stereocenters. The molecular formula is C31H28ClN3O8. The average Bonchev–Trinajstić information content (AvgIpc) is 3.48. The van der Waals surface area contributed by atoms with E-state index < -0.39 is 16.7 Å². The molecule has 0 bridgehead atoms. The van der Waals surface area contributed by atoms with E-state index in [1.54, 1.807) is 30.3 Å². The van der Waals surface area contributed by atoms with Gasteiger partial charge in [0.2, 0.25) is 12.7 Å². The number of fused-ring (bicyclic) bond motifs is 2. The number of carbonyl (C=O) groups is 2. The third-order valence-electron chi connectivity index (χ3n) is 7.03. The first-order chi connectivity index (χ1) is 20.7. The highest BCUT2D eigenvalue weighted by atomic mass is 35.5. The van der Waals surface area contributed by atoms with Crippen molar-refractivity contribution in [3.05, 3.63) is 109 Å². The number of ether oxygens (including phenoxy) is 2. The number of rotatable bonds is 11. The molecule has 12 heteroatoms. The van der Waals surface area contributed by atoms with Gasteiger partial charge in [0.25, 0.3) is 11.6 Å². The summed E-state index contributed by atoms with van der Waals surface area (Å²) in [6, 6.07) is 15.4. The summed E-state index contributed by atoms with van der Waals surface area (Å²) in [4.78, 5) is 54.3. The van der Waals surface area contributed by atoms with Crippen LogP contribution >= 0.6 is 11.6 Å². The van der Waals surface area contributed by atoms with Gasteiger partial charge in [0, 0.05) is 35.8 Å². The number of hydrogen-bond donors (Lipinski definition) is 0. The molecule has 5 rings (SSSR count). The summed E-state index contributed by atoms with van der Waals surface area (Å²) in [5, 5.41) is 11.9. The molecule has 0 aliphatic carbocycles. The first kappa shape index (κ1) is 29.6. The number of nitro benzene ring substituents is 1. The summed E-state index contributed by atoms with van der Waals surface area (Å²) >= 11 is 6.12. The van der Waals surface area contributed by atoms with Crippen LogP contribution in [0.25, 0.3) is 11.0 Å². The van der Waals surface area contributed by atoms with Gasteiger partial charge in [-0.25, -0.2) is 0 Å². The number of nitrogens with zero attached hydrogens (tertiary/aromatic N) is 3. The molecule has 0 fully saturated rings. The third-order valence-corrected chi connectivity index (χ3v) is 7.26. The highest BCUT2D eigenvalue weighted by molar-refractivity contribution is 6.31. The number of benzene rings is 3. The normalized spacial score (nSPS) is 11.9. The lowest BCUT2D eigenvalue weighted by Gasteiger charge is -2.28. The number of carbonyl (C=O) groups excluding carboxylic acids is 2. The van der Waals surface area contributed by atoms with Crippen molar-refractivity contribution in [3.8, 4) is 11.5 Å². The number of non-ortho nitro benzene ring substituents is 1. The predicted molar refractivity (Wildman–Crippen MR) is 158 cm³/mol. The second kappa shape index (κ2) is 13.0. The Morgan fingerprint density at radius 2 is 1.81 bits per heavy atom. The predicted octanol–water partition coefficient (Wildman–Crippen LogP) is 5.55. The SMILES string of the molecule is CCCCN(CC(=O)N(Cc1ccc2c(c1)OCO2)Cc1coc2ccc(Cl)cc2c1=O)C(=O)c1cccc([N+](=O)[O-])c1. The molecule has 1 aromatic heterocycles. The number of nitro groups is 1. The summed E-state index contributed by atoms with van der Waals surface area (Å²) in [6.45, 7) is 1.98. The van der Waals surface area contributed by atoms with Crippen molar-refractivity contribution >= 4 is 40.1 Å². The van der Waals surface area contributed by atoms with Crippen molar-refractivity contribution in [2.24, 2.45) is 0 Å². The maximum atomic E-state index is 13.9. The van der Waals surface area contributed by atoms with Gasteiger partial charge in [0.15, 0.2) is 16.9 Å². The van der Waals surface area contributed by atoms with E-state index in [1.807, 2.05) is 6.92 Å². The Bertz CT molecular complexity index is 1760. The van der Waals surface area contributed by atoms with Crippen LogP contribution in [0.4, 0.5) is 5.69 Å².